The van der Waals surface area contributed by atoms with Crippen LogP contribution in [0.4, 0.5) is 0 Å². The highest BCUT2D eigenvalue weighted by Gasteiger charge is 2.26. The lowest BCUT2D eigenvalue weighted by Gasteiger charge is -2.31. The van der Waals surface area contributed by atoms with Gasteiger partial charge in [-0.15, -0.1) is 0 Å². The van der Waals surface area contributed by atoms with E-state index in [0.717, 1.165) is 25.6 Å². The predicted molar refractivity (Wildman–Crippen MR) is 81.2 cm³/mol. The van der Waals surface area contributed by atoms with Crippen LogP contribution in [0.25, 0.3) is 0 Å². The molecule has 0 aliphatic carbocycles. The van der Waals surface area contributed by atoms with Gasteiger partial charge < -0.3 is 10.2 Å². The first kappa shape index (κ1) is 14.5. The first-order chi connectivity index (χ1) is 9.19. The van der Waals surface area contributed by atoms with E-state index in [-0.39, 0.29) is 0 Å². The van der Waals surface area contributed by atoms with Crippen LogP contribution in [0.15, 0.2) is 30.3 Å². The molecular weight excluding hydrogens is 234 g/mol. The highest BCUT2D eigenvalue weighted by Crippen LogP contribution is 2.16. The molecule has 1 saturated heterocycles. The molecule has 2 rings (SSSR count). The normalized spacial score (nSPS) is 26.3. The molecule has 0 radical (unpaired) electrons. The highest BCUT2D eigenvalue weighted by molar-refractivity contribution is 5.14. The maximum Gasteiger partial charge on any atom is 0.0351 e. The first-order valence-electron chi connectivity index (χ1n) is 7.30. The summed E-state index contributed by atoms with van der Waals surface area (Å²) >= 11 is 0. The Morgan fingerprint density at radius 2 is 1.89 bits per heavy atom. The van der Waals surface area contributed by atoms with Gasteiger partial charge in [-0.25, -0.2) is 0 Å². The van der Waals surface area contributed by atoms with Crippen LogP contribution in [0.3, 0.4) is 0 Å². The van der Waals surface area contributed by atoms with Crippen LogP contribution in [0, 0.1) is 5.92 Å². The van der Waals surface area contributed by atoms with Crippen LogP contribution >= 0.6 is 0 Å². The van der Waals surface area contributed by atoms with Crippen molar-refractivity contribution in [2.45, 2.75) is 19.5 Å². The number of rotatable bonds is 4. The molecule has 0 bridgehead atoms. The highest BCUT2D eigenvalue weighted by atomic mass is 15.2. The molecule has 3 nitrogen and oxygen atoms in total. The average molecular weight is 261 g/mol. The molecule has 2 atom stereocenters. The van der Waals surface area contributed by atoms with E-state index in [1.54, 1.807) is 0 Å². The summed E-state index contributed by atoms with van der Waals surface area (Å²) in [7, 11) is 4.29. The van der Waals surface area contributed by atoms with Gasteiger partial charge in [0.15, 0.2) is 0 Å². The van der Waals surface area contributed by atoms with Crippen LogP contribution in [0.5, 0.6) is 0 Å². The van der Waals surface area contributed by atoms with Gasteiger partial charge >= 0.3 is 0 Å². The Morgan fingerprint density at radius 3 is 2.58 bits per heavy atom. The molecule has 1 fully saturated rings. The van der Waals surface area contributed by atoms with E-state index >= 15 is 0 Å². The molecule has 0 spiro atoms. The largest absolute Gasteiger partial charge is 0.318 e. The molecule has 1 aliphatic rings. The van der Waals surface area contributed by atoms with Crippen LogP contribution in [-0.2, 0) is 6.54 Å². The van der Waals surface area contributed by atoms with Gasteiger partial charge in [-0.1, -0.05) is 37.3 Å². The maximum atomic E-state index is 3.35. The van der Waals surface area contributed by atoms with Crippen molar-refractivity contribution in [1.82, 2.24) is 15.1 Å². The van der Waals surface area contributed by atoms with E-state index < -0.39 is 0 Å². The third-order valence-corrected chi connectivity index (χ3v) is 3.88. The van der Waals surface area contributed by atoms with Gasteiger partial charge in [0.05, 0.1) is 0 Å². The lowest BCUT2D eigenvalue weighted by atomic mass is 10.1. The number of benzene rings is 1. The number of likely N-dealkylation sites (N-methyl/N-ethyl adjacent to an activating group) is 2. The fourth-order valence-corrected chi connectivity index (χ4v) is 3.13. The molecule has 1 N–H and O–H groups in total. The molecular formula is C16H27N3. The Hall–Kier alpha value is -0.900. The zero-order valence-electron chi connectivity index (χ0n) is 12.5. The van der Waals surface area contributed by atoms with Crippen molar-refractivity contribution < 1.29 is 0 Å². The van der Waals surface area contributed by atoms with Crippen molar-refractivity contribution >= 4 is 0 Å². The van der Waals surface area contributed by atoms with Crippen molar-refractivity contribution in [3.63, 3.8) is 0 Å². The predicted octanol–water partition coefficient (Wildman–Crippen LogP) is 1.66. The molecule has 0 saturated carbocycles. The molecule has 106 valence electrons. The molecule has 19 heavy (non-hydrogen) atoms. The quantitative estimate of drug-likeness (QED) is 0.889. The molecule has 0 amide bonds. The number of hydrogen-bond acceptors (Lipinski definition) is 3. The van der Waals surface area contributed by atoms with Gasteiger partial charge in [-0.3, -0.25) is 4.90 Å². The summed E-state index contributed by atoms with van der Waals surface area (Å²) in [5, 5.41) is 3.35. The van der Waals surface area contributed by atoms with Crippen LogP contribution in [0.1, 0.15) is 12.5 Å². The molecule has 0 aromatic heterocycles. The number of nitrogens with one attached hydrogen (secondary N) is 1. The molecule has 1 aromatic rings. The Morgan fingerprint density at radius 1 is 1.16 bits per heavy atom. The summed E-state index contributed by atoms with van der Waals surface area (Å²) in [6.07, 6.45) is 0. The SMILES string of the molecule is CNCC1CN(C)CC(C)CN1Cc1ccccc1. The topological polar surface area (TPSA) is 18.5 Å². The van der Waals surface area contributed by atoms with Crippen molar-refractivity contribution in [3.05, 3.63) is 35.9 Å². The summed E-state index contributed by atoms with van der Waals surface area (Å²) < 4.78 is 0. The fraction of sp³-hybridized carbons (Fsp3) is 0.625. The smallest absolute Gasteiger partial charge is 0.0351 e. The van der Waals surface area contributed by atoms with Crippen molar-refractivity contribution in [3.8, 4) is 0 Å². The Bertz CT molecular complexity index is 366. The Kier molecular flexibility index (Phi) is 5.37. The first-order valence-corrected chi connectivity index (χ1v) is 7.30. The lowest BCUT2D eigenvalue weighted by Crippen LogP contribution is -2.45. The minimum Gasteiger partial charge on any atom is -0.318 e. The van der Waals surface area contributed by atoms with E-state index in [1.807, 2.05) is 0 Å². The second-order valence-electron chi connectivity index (χ2n) is 5.95. The number of hydrogen-bond donors (Lipinski definition) is 1. The van der Waals surface area contributed by atoms with Crippen LogP contribution in [-0.4, -0.2) is 56.1 Å². The Labute approximate surface area is 117 Å². The molecule has 3 heteroatoms. The maximum absolute atomic E-state index is 3.35. The molecule has 1 aliphatic heterocycles. The average Bonchev–Trinajstić information content (AvgIpc) is 2.50. The van der Waals surface area contributed by atoms with Gasteiger partial charge in [0.25, 0.3) is 0 Å². The Balaban J connectivity index is 2.08. The van der Waals surface area contributed by atoms with Crippen LogP contribution in [0.2, 0.25) is 0 Å². The molecule has 1 heterocycles. The van der Waals surface area contributed by atoms with Gasteiger partial charge in [0.2, 0.25) is 0 Å². The second kappa shape index (κ2) is 7.04. The van der Waals surface area contributed by atoms with E-state index in [9.17, 15) is 0 Å². The third-order valence-electron chi connectivity index (χ3n) is 3.88. The second-order valence-corrected chi connectivity index (χ2v) is 5.95. The standard InChI is InChI=1S/C16H27N3/c1-14-10-18(3)13-16(9-17-2)19(11-14)12-15-7-5-4-6-8-15/h4-8,14,16-17H,9-13H2,1-3H3. The summed E-state index contributed by atoms with van der Waals surface area (Å²) in [6.45, 7) is 8.01. The summed E-state index contributed by atoms with van der Waals surface area (Å²) in [6, 6.07) is 11.4. The minimum absolute atomic E-state index is 0.597. The van der Waals surface area contributed by atoms with Gasteiger partial charge in [-0.2, -0.15) is 0 Å². The fourth-order valence-electron chi connectivity index (χ4n) is 3.13. The third kappa shape index (κ3) is 4.30. The van der Waals surface area contributed by atoms with E-state index in [0.29, 0.717) is 6.04 Å². The van der Waals surface area contributed by atoms with Crippen molar-refractivity contribution in [2.24, 2.45) is 5.92 Å². The summed E-state index contributed by atoms with van der Waals surface area (Å²) in [5.41, 5.74) is 1.42. The molecule has 2 unspecified atom stereocenters. The monoisotopic (exact) mass is 261 g/mol. The zero-order valence-corrected chi connectivity index (χ0v) is 12.5. The van der Waals surface area contributed by atoms with Crippen molar-refractivity contribution in [2.75, 3.05) is 40.3 Å². The minimum atomic E-state index is 0.597. The summed E-state index contributed by atoms with van der Waals surface area (Å²) in [4.78, 5) is 5.11. The van der Waals surface area contributed by atoms with Gasteiger partial charge in [-0.05, 0) is 25.6 Å². The van der Waals surface area contributed by atoms with Gasteiger partial charge in [0, 0.05) is 38.8 Å². The van der Waals surface area contributed by atoms with E-state index in [1.165, 1.54) is 18.7 Å². The molecule has 1 aromatic carbocycles. The van der Waals surface area contributed by atoms with E-state index in [2.05, 4.69) is 66.5 Å². The summed E-state index contributed by atoms with van der Waals surface area (Å²) in [5.74, 6) is 0.732. The number of nitrogens with zero attached hydrogens (tertiary/aromatic N) is 2. The van der Waals surface area contributed by atoms with Crippen LogP contribution < -0.4 is 5.32 Å². The van der Waals surface area contributed by atoms with Crippen molar-refractivity contribution in [1.29, 1.82) is 0 Å². The zero-order chi connectivity index (χ0) is 13.7. The van der Waals surface area contributed by atoms with Gasteiger partial charge in [0.1, 0.15) is 0 Å². The lowest BCUT2D eigenvalue weighted by molar-refractivity contribution is 0.172. The van der Waals surface area contributed by atoms with E-state index in [4.69, 9.17) is 0 Å².